The Labute approximate surface area is 132 Å². The normalized spacial score (nSPS) is 10.0. The Morgan fingerprint density at radius 2 is 1.73 bits per heavy atom. The van der Waals surface area contributed by atoms with Crippen LogP contribution in [0.5, 0.6) is 5.75 Å². The molecule has 0 aliphatic rings. The smallest absolute Gasteiger partial charge is 0.316 e. The minimum Gasteiger partial charge on any atom is -0.497 e. The summed E-state index contributed by atoms with van der Waals surface area (Å²) in [4.78, 5) is 23.8. The highest BCUT2D eigenvalue weighted by Gasteiger charge is 2.07. The number of carbonyl (C=O) groups is 2. The molecule has 114 valence electrons. The minimum absolute atomic E-state index is 0.0199. The molecule has 0 bridgehead atoms. The fourth-order valence-electron chi connectivity index (χ4n) is 1.79. The summed E-state index contributed by atoms with van der Waals surface area (Å²) < 4.78 is 5.09. The van der Waals surface area contributed by atoms with Crippen LogP contribution < -0.4 is 15.8 Å². The number of methoxy groups -OCH3 is 1. The van der Waals surface area contributed by atoms with E-state index in [1.165, 1.54) is 11.8 Å². The molecule has 0 heterocycles. The topological polar surface area (TPSA) is 81.4 Å². The zero-order valence-corrected chi connectivity index (χ0v) is 12.9. The van der Waals surface area contributed by atoms with Crippen molar-refractivity contribution in [1.82, 2.24) is 0 Å². The standard InChI is InChI=1S/C16H16N2O3S/c1-21-13-6-8-14(9-7-13)22-10-15(19)11-2-4-12(5-3-11)18-16(17)20/h2-9H,10H2,1H3,(H3,17,18,20). The van der Waals surface area contributed by atoms with Crippen LogP contribution in [0, 0.1) is 0 Å². The molecule has 22 heavy (non-hydrogen) atoms. The molecular weight excluding hydrogens is 300 g/mol. The van der Waals surface area contributed by atoms with Gasteiger partial charge in [-0.3, -0.25) is 4.79 Å². The van der Waals surface area contributed by atoms with Gasteiger partial charge in [-0.2, -0.15) is 0 Å². The molecule has 2 rings (SSSR count). The molecule has 0 aromatic heterocycles. The second kappa shape index (κ2) is 7.51. The van der Waals surface area contributed by atoms with Gasteiger partial charge in [-0.05, 0) is 48.5 Å². The Kier molecular flexibility index (Phi) is 5.43. The number of nitrogens with one attached hydrogen (secondary N) is 1. The SMILES string of the molecule is COc1ccc(SCC(=O)c2ccc(NC(N)=O)cc2)cc1. The second-order valence-corrected chi connectivity index (χ2v) is 5.50. The average molecular weight is 316 g/mol. The van der Waals surface area contributed by atoms with Crippen LogP contribution in [0.15, 0.2) is 53.4 Å². The third kappa shape index (κ3) is 4.53. The van der Waals surface area contributed by atoms with E-state index in [-0.39, 0.29) is 5.78 Å². The van der Waals surface area contributed by atoms with Gasteiger partial charge in [0.05, 0.1) is 12.9 Å². The predicted octanol–water partition coefficient (Wildman–Crippen LogP) is 3.16. The number of hydrogen-bond donors (Lipinski definition) is 2. The summed E-state index contributed by atoms with van der Waals surface area (Å²) >= 11 is 1.46. The zero-order chi connectivity index (χ0) is 15.9. The fraction of sp³-hybridized carbons (Fsp3) is 0.125. The first-order chi connectivity index (χ1) is 10.6. The molecule has 0 saturated carbocycles. The maximum absolute atomic E-state index is 12.1. The van der Waals surface area contributed by atoms with Gasteiger partial charge in [0.25, 0.3) is 0 Å². The quantitative estimate of drug-likeness (QED) is 0.633. The lowest BCUT2D eigenvalue weighted by molar-refractivity contribution is 0.102. The molecule has 5 nitrogen and oxygen atoms in total. The highest BCUT2D eigenvalue weighted by Crippen LogP contribution is 2.22. The predicted molar refractivity (Wildman–Crippen MR) is 87.7 cm³/mol. The highest BCUT2D eigenvalue weighted by atomic mass is 32.2. The van der Waals surface area contributed by atoms with Crippen LogP contribution in [-0.4, -0.2) is 24.7 Å². The van der Waals surface area contributed by atoms with E-state index in [0.717, 1.165) is 10.6 Å². The zero-order valence-electron chi connectivity index (χ0n) is 12.0. The molecule has 0 unspecified atom stereocenters. The lowest BCUT2D eigenvalue weighted by Crippen LogP contribution is -2.19. The number of thioether (sulfide) groups is 1. The molecule has 2 aromatic carbocycles. The van der Waals surface area contributed by atoms with Crippen molar-refractivity contribution in [2.75, 3.05) is 18.2 Å². The van der Waals surface area contributed by atoms with E-state index in [9.17, 15) is 9.59 Å². The highest BCUT2D eigenvalue weighted by molar-refractivity contribution is 8.00. The van der Waals surface area contributed by atoms with E-state index in [2.05, 4.69) is 5.32 Å². The molecule has 0 aliphatic heterocycles. The molecular formula is C16H16N2O3S. The van der Waals surface area contributed by atoms with Crippen LogP contribution >= 0.6 is 11.8 Å². The fourth-order valence-corrected chi connectivity index (χ4v) is 2.58. The number of nitrogens with two attached hydrogens (primary N) is 1. The molecule has 2 amide bonds. The summed E-state index contributed by atoms with van der Waals surface area (Å²) in [5.41, 5.74) is 6.18. The van der Waals surface area contributed by atoms with Crippen LogP contribution in [-0.2, 0) is 0 Å². The Balaban J connectivity index is 1.92. The monoisotopic (exact) mass is 316 g/mol. The summed E-state index contributed by atoms with van der Waals surface area (Å²) in [5, 5.41) is 2.45. The van der Waals surface area contributed by atoms with E-state index in [1.54, 1.807) is 31.4 Å². The van der Waals surface area contributed by atoms with Crippen molar-refractivity contribution in [2.45, 2.75) is 4.90 Å². The second-order valence-electron chi connectivity index (χ2n) is 4.45. The number of carbonyl (C=O) groups excluding carboxylic acids is 2. The number of ether oxygens (including phenoxy) is 1. The van der Waals surface area contributed by atoms with E-state index in [4.69, 9.17) is 10.5 Å². The Morgan fingerprint density at radius 3 is 2.27 bits per heavy atom. The van der Waals surface area contributed by atoms with Crippen molar-refractivity contribution in [2.24, 2.45) is 5.73 Å². The number of primary amides is 1. The largest absolute Gasteiger partial charge is 0.497 e. The number of urea groups is 1. The van der Waals surface area contributed by atoms with Gasteiger partial charge < -0.3 is 15.8 Å². The molecule has 0 spiro atoms. The summed E-state index contributed by atoms with van der Waals surface area (Å²) in [6.45, 7) is 0. The number of ketones is 1. The van der Waals surface area contributed by atoms with E-state index >= 15 is 0 Å². The van der Waals surface area contributed by atoms with Crippen molar-refractivity contribution in [3.8, 4) is 5.75 Å². The number of amides is 2. The first-order valence-electron chi connectivity index (χ1n) is 6.55. The van der Waals surface area contributed by atoms with Gasteiger partial charge >= 0.3 is 6.03 Å². The third-order valence-electron chi connectivity index (χ3n) is 2.90. The van der Waals surface area contributed by atoms with Crippen molar-refractivity contribution in [1.29, 1.82) is 0 Å². The first kappa shape index (κ1) is 15.9. The third-order valence-corrected chi connectivity index (χ3v) is 3.92. The van der Waals surface area contributed by atoms with Crippen molar-refractivity contribution >= 4 is 29.3 Å². The molecule has 0 saturated heterocycles. The molecule has 0 radical (unpaired) electrons. The van der Waals surface area contributed by atoms with Crippen LogP contribution in [0.25, 0.3) is 0 Å². The van der Waals surface area contributed by atoms with Crippen molar-refractivity contribution < 1.29 is 14.3 Å². The van der Waals surface area contributed by atoms with Gasteiger partial charge in [0.2, 0.25) is 0 Å². The van der Waals surface area contributed by atoms with E-state index in [1.807, 2.05) is 24.3 Å². The Morgan fingerprint density at radius 1 is 1.09 bits per heavy atom. The minimum atomic E-state index is -0.630. The number of rotatable bonds is 6. The Hall–Kier alpha value is -2.47. The van der Waals surface area contributed by atoms with E-state index in [0.29, 0.717) is 17.0 Å². The molecule has 6 heteroatoms. The maximum atomic E-state index is 12.1. The van der Waals surface area contributed by atoms with Crippen molar-refractivity contribution in [3.05, 3.63) is 54.1 Å². The summed E-state index contributed by atoms with van der Waals surface area (Å²) in [5.74, 6) is 1.15. The van der Waals surface area contributed by atoms with E-state index < -0.39 is 6.03 Å². The number of hydrogen-bond acceptors (Lipinski definition) is 4. The molecule has 0 atom stereocenters. The lowest BCUT2D eigenvalue weighted by Gasteiger charge is -2.05. The number of Topliss-reactive ketones (excluding diaryl/α,β-unsaturated/α-hetero) is 1. The molecule has 0 aliphatic carbocycles. The van der Waals surface area contributed by atoms with Crippen LogP contribution in [0.1, 0.15) is 10.4 Å². The van der Waals surface area contributed by atoms with Gasteiger partial charge in [-0.25, -0.2) is 4.79 Å². The lowest BCUT2D eigenvalue weighted by atomic mass is 10.1. The van der Waals surface area contributed by atoms with Crippen molar-refractivity contribution in [3.63, 3.8) is 0 Å². The van der Waals surface area contributed by atoms with Gasteiger partial charge in [-0.15, -0.1) is 11.8 Å². The first-order valence-corrected chi connectivity index (χ1v) is 7.53. The van der Waals surface area contributed by atoms with Gasteiger partial charge in [0, 0.05) is 16.1 Å². The van der Waals surface area contributed by atoms with Crippen LogP contribution in [0.3, 0.4) is 0 Å². The Bertz CT molecular complexity index is 654. The molecule has 0 fully saturated rings. The van der Waals surface area contributed by atoms with Gasteiger partial charge in [-0.1, -0.05) is 0 Å². The summed E-state index contributed by atoms with van der Waals surface area (Å²) in [7, 11) is 1.61. The van der Waals surface area contributed by atoms with Gasteiger partial charge in [0.1, 0.15) is 5.75 Å². The maximum Gasteiger partial charge on any atom is 0.316 e. The summed E-state index contributed by atoms with van der Waals surface area (Å²) in [6, 6.07) is 13.5. The summed E-state index contributed by atoms with van der Waals surface area (Å²) in [6.07, 6.45) is 0. The number of anilines is 1. The van der Waals surface area contributed by atoms with Gasteiger partial charge in [0.15, 0.2) is 5.78 Å². The van der Waals surface area contributed by atoms with Crippen LogP contribution in [0.4, 0.5) is 10.5 Å². The number of benzene rings is 2. The van der Waals surface area contributed by atoms with Crippen LogP contribution in [0.2, 0.25) is 0 Å². The average Bonchev–Trinajstić information content (AvgIpc) is 2.53. The molecule has 3 N–H and O–H groups in total. The molecule has 2 aromatic rings.